The highest BCUT2D eigenvalue weighted by atomic mass is 35.5. The number of thioether (sulfide) groups is 1. The molecule has 4 nitrogen and oxygen atoms in total. The molecule has 2 aliphatic carbocycles. The Labute approximate surface area is 175 Å². The first-order valence-electron chi connectivity index (χ1n) is 11.4. The summed E-state index contributed by atoms with van der Waals surface area (Å²) in [6, 6.07) is 1.54. The van der Waals surface area contributed by atoms with Gasteiger partial charge in [0.1, 0.15) is 0 Å². The van der Waals surface area contributed by atoms with Crippen molar-refractivity contribution in [3.63, 3.8) is 0 Å². The smallest absolute Gasteiger partial charge is 0.0558 e. The third-order valence-corrected chi connectivity index (χ3v) is 9.53. The lowest BCUT2D eigenvalue weighted by Crippen LogP contribution is -2.60. The van der Waals surface area contributed by atoms with E-state index in [2.05, 4.69) is 26.5 Å². The number of hydrogen-bond acceptors (Lipinski definition) is 5. The molecular weight excluding hydrogens is 378 g/mol. The highest BCUT2D eigenvalue weighted by molar-refractivity contribution is 8.00. The summed E-state index contributed by atoms with van der Waals surface area (Å²) >= 11 is 8.94. The first kappa shape index (κ1) is 20.7. The van der Waals surface area contributed by atoms with Gasteiger partial charge in [0.25, 0.3) is 0 Å². The molecule has 6 heteroatoms. The maximum atomic E-state index is 9.11. The molecule has 4 rings (SSSR count). The van der Waals surface area contributed by atoms with Crippen LogP contribution in [0, 0.1) is 0 Å². The van der Waals surface area contributed by atoms with Crippen LogP contribution in [0.25, 0.3) is 0 Å². The van der Waals surface area contributed by atoms with Gasteiger partial charge in [-0.1, -0.05) is 12.8 Å². The van der Waals surface area contributed by atoms with Gasteiger partial charge in [-0.25, -0.2) is 0 Å². The van der Waals surface area contributed by atoms with Crippen molar-refractivity contribution in [2.75, 3.05) is 52.4 Å². The molecule has 5 unspecified atom stereocenters. The average molecular weight is 416 g/mol. The average Bonchev–Trinajstić information content (AvgIpc) is 2.69. The Bertz CT molecular complexity index is 463. The van der Waals surface area contributed by atoms with Crippen LogP contribution in [-0.4, -0.2) is 100 Å². The second-order valence-corrected chi connectivity index (χ2v) is 11.1. The van der Waals surface area contributed by atoms with E-state index in [9.17, 15) is 0 Å². The quantitative estimate of drug-likeness (QED) is 0.674. The first-order valence-corrected chi connectivity index (χ1v) is 12.7. The Morgan fingerprint density at radius 3 is 2.30 bits per heavy atom. The minimum absolute atomic E-state index is 0.291. The lowest BCUT2D eigenvalue weighted by atomic mass is 9.87. The predicted octanol–water partition coefficient (Wildman–Crippen LogP) is 2.87. The second-order valence-electron chi connectivity index (χ2n) is 9.04. The maximum Gasteiger partial charge on any atom is 0.0558 e. The summed E-state index contributed by atoms with van der Waals surface area (Å²) in [5, 5.41) is 11.2. The van der Waals surface area contributed by atoms with Crippen molar-refractivity contribution in [1.82, 2.24) is 14.7 Å². The van der Waals surface area contributed by atoms with Gasteiger partial charge in [0, 0.05) is 67.2 Å². The number of β-amino-alcohol motifs (C(OH)–C–C–N with tert-alkyl or cyclic N) is 1. The molecular formula is C21H38ClN3OS. The second kappa shape index (κ2) is 9.99. The summed E-state index contributed by atoms with van der Waals surface area (Å²) < 4.78 is 0. The van der Waals surface area contributed by atoms with Crippen LogP contribution in [0.2, 0.25) is 0 Å². The number of fused-ring (bicyclic) bond motifs is 2. The molecule has 2 saturated heterocycles. The van der Waals surface area contributed by atoms with Gasteiger partial charge < -0.3 is 10.0 Å². The van der Waals surface area contributed by atoms with Crippen LogP contribution in [0.1, 0.15) is 51.4 Å². The number of halogens is 1. The summed E-state index contributed by atoms with van der Waals surface area (Å²) in [7, 11) is 0. The predicted molar refractivity (Wildman–Crippen MR) is 116 cm³/mol. The molecule has 1 N–H and O–H groups in total. The van der Waals surface area contributed by atoms with Crippen molar-refractivity contribution in [2.24, 2.45) is 0 Å². The summed E-state index contributed by atoms with van der Waals surface area (Å²) in [5.74, 6) is 0. The van der Waals surface area contributed by atoms with Crippen molar-refractivity contribution < 1.29 is 5.11 Å². The van der Waals surface area contributed by atoms with E-state index in [1.165, 1.54) is 64.5 Å². The van der Waals surface area contributed by atoms with Crippen molar-refractivity contribution in [3.8, 4) is 0 Å². The Hall–Kier alpha value is 0.480. The summed E-state index contributed by atoms with van der Waals surface area (Å²) in [6.45, 7) is 8.19. The molecule has 0 aromatic heterocycles. The zero-order valence-corrected chi connectivity index (χ0v) is 18.3. The van der Waals surface area contributed by atoms with Crippen LogP contribution in [0.4, 0.5) is 0 Å². The summed E-state index contributed by atoms with van der Waals surface area (Å²) in [5.41, 5.74) is 0. The molecule has 2 saturated carbocycles. The van der Waals surface area contributed by atoms with Crippen LogP contribution >= 0.6 is 23.4 Å². The molecule has 2 heterocycles. The number of alkyl halides is 1. The first-order chi connectivity index (χ1) is 13.2. The highest BCUT2D eigenvalue weighted by Gasteiger charge is 2.45. The SMILES string of the molecule is OCCN1CCN(CCCN2C3CCCCC3SC3CCC(Cl)CC32)CC1. The zero-order valence-electron chi connectivity index (χ0n) is 16.8. The number of aliphatic hydroxyl groups is 1. The highest BCUT2D eigenvalue weighted by Crippen LogP contribution is 2.47. The standard InChI is InChI=1S/C21H38ClN3OS/c22-17-6-7-21-19(16-17)25(18-4-1-2-5-20(18)27-21)9-3-8-23-10-12-24(13-11-23)14-15-26/h17-21,26H,1-16H2. The number of nitrogens with zero attached hydrogens (tertiary/aromatic N) is 3. The molecule has 2 aliphatic heterocycles. The molecule has 0 spiro atoms. The third kappa shape index (κ3) is 5.16. The van der Waals surface area contributed by atoms with E-state index < -0.39 is 0 Å². The van der Waals surface area contributed by atoms with Crippen molar-refractivity contribution in [3.05, 3.63) is 0 Å². The van der Waals surface area contributed by atoms with Gasteiger partial charge in [0.05, 0.1) is 6.61 Å². The van der Waals surface area contributed by atoms with E-state index in [1.807, 2.05) is 0 Å². The Balaban J connectivity index is 1.30. The van der Waals surface area contributed by atoms with Crippen molar-refractivity contribution >= 4 is 23.4 Å². The minimum atomic E-state index is 0.291. The van der Waals surface area contributed by atoms with Gasteiger partial charge in [-0.2, -0.15) is 11.8 Å². The molecule has 0 aromatic rings. The van der Waals surface area contributed by atoms with Crippen LogP contribution < -0.4 is 0 Å². The van der Waals surface area contributed by atoms with E-state index >= 15 is 0 Å². The van der Waals surface area contributed by atoms with Gasteiger partial charge in [0.2, 0.25) is 0 Å². The van der Waals surface area contributed by atoms with Crippen LogP contribution in [-0.2, 0) is 0 Å². The Kier molecular flexibility index (Phi) is 7.68. The maximum absolute atomic E-state index is 9.11. The lowest BCUT2D eigenvalue weighted by molar-refractivity contribution is 0.0673. The fraction of sp³-hybridized carbons (Fsp3) is 1.00. The van der Waals surface area contributed by atoms with Crippen LogP contribution in [0.3, 0.4) is 0 Å². The molecule has 4 aliphatic rings. The van der Waals surface area contributed by atoms with E-state index in [0.717, 1.165) is 55.3 Å². The molecule has 0 bridgehead atoms. The Morgan fingerprint density at radius 1 is 0.815 bits per heavy atom. The van der Waals surface area contributed by atoms with E-state index in [4.69, 9.17) is 16.7 Å². The van der Waals surface area contributed by atoms with Crippen molar-refractivity contribution in [2.45, 2.75) is 79.3 Å². The number of aliphatic hydroxyl groups excluding tert-OH is 1. The lowest BCUT2D eigenvalue weighted by Gasteiger charge is -2.54. The number of hydrogen-bond donors (Lipinski definition) is 1. The molecule has 0 amide bonds. The molecule has 4 fully saturated rings. The topological polar surface area (TPSA) is 30.0 Å². The van der Waals surface area contributed by atoms with Crippen molar-refractivity contribution in [1.29, 1.82) is 0 Å². The van der Waals surface area contributed by atoms with E-state index in [0.29, 0.717) is 12.0 Å². The summed E-state index contributed by atoms with van der Waals surface area (Å²) in [6.07, 6.45) is 10.8. The molecule has 27 heavy (non-hydrogen) atoms. The third-order valence-electron chi connectivity index (χ3n) is 7.33. The molecule has 156 valence electrons. The minimum Gasteiger partial charge on any atom is -0.395 e. The molecule has 5 atom stereocenters. The van der Waals surface area contributed by atoms with Gasteiger partial charge in [-0.05, 0) is 45.1 Å². The van der Waals surface area contributed by atoms with Crippen LogP contribution in [0.15, 0.2) is 0 Å². The zero-order chi connectivity index (χ0) is 18.6. The van der Waals surface area contributed by atoms with Gasteiger partial charge in [-0.3, -0.25) is 9.80 Å². The van der Waals surface area contributed by atoms with Gasteiger partial charge in [-0.15, -0.1) is 11.6 Å². The Morgan fingerprint density at radius 2 is 1.52 bits per heavy atom. The fourth-order valence-corrected chi connectivity index (χ4v) is 8.10. The molecule has 0 radical (unpaired) electrons. The van der Waals surface area contributed by atoms with Crippen LogP contribution in [0.5, 0.6) is 0 Å². The summed E-state index contributed by atoms with van der Waals surface area (Å²) in [4.78, 5) is 7.95. The largest absolute Gasteiger partial charge is 0.395 e. The monoisotopic (exact) mass is 415 g/mol. The normalized spacial score (nSPS) is 39.1. The van der Waals surface area contributed by atoms with E-state index in [1.54, 1.807) is 0 Å². The number of piperazine rings is 1. The fourth-order valence-electron chi connectivity index (χ4n) is 5.85. The van der Waals surface area contributed by atoms with Gasteiger partial charge >= 0.3 is 0 Å². The van der Waals surface area contributed by atoms with E-state index in [-0.39, 0.29) is 0 Å². The number of rotatable bonds is 6. The molecule has 0 aromatic carbocycles. The van der Waals surface area contributed by atoms with Gasteiger partial charge in [0.15, 0.2) is 0 Å².